The first-order chi connectivity index (χ1) is 10.7. The molecule has 0 saturated carbocycles. The van der Waals surface area contributed by atoms with Crippen LogP contribution in [0.2, 0.25) is 0 Å². The number of piperazine rings is 1. The van der Waals surface area contributed by atoms with Gasteiger partial charge < -0.3 is 15.5 Å². The number of carbonyl (C=O) groups is 1. The number of anilines is 2. The lowest BCUT2D eigenvalue weighted by molar-refractivity contribution is 0.102. The van der Waals surface area contributed by atoms with Gasteiger partial charge in [-0.05, 0) is 42.5 Å². The maximum atomic E-state index is 12.2. The summed E-state index contributed by atoms with van der Waals surface area (Å²) in [5, 5.41) is 6.27. The highest BCUT2D eigenvalue weighted by Crippen LogP contribution is 2.19. The second kappa shape index (κ2) is 6.94. The molecule has 5 heteroatoms. The minimum atomic E-state index is -0.101. The summed E-state index contributed by atoms with van der Waals surface area (Å²) in [6, 6.07) is 15.4. The van der Waals surface area contributed by atoms with Crippen molar-refractivity contribution < 1.29 is 4.79 Å². The molecule has 1 amide bonds. The molecule has 0 spiro atoms. The number of nitrogens with one attached hydrogen (secondary N) is 2. The van der Waals surface area contributed by atoms with E-state index in [1.54, 1.807) is 6.07 Å². The lowest BCUT2D eigenvalue weighted by Gasteiger charge is -2.29. The van der Waals surface area contributed by atoms with Crippen LogP contribution >= 0.6 is 15.9 Å². The van der Waals surface area contributed by atoms with Crippen molar-refractivity contribution in [3.63, 3.8) is 0 Å². The smallest absolute Gasteiger partial charge is 0.255 e. The number of hydrogen-bond acceptors (Lipinski definition) is 3. The van der Waals surface area contributed by atoms with Crippen LogP contribution in [0.1, 0.15) is 10.4 Å². The average Bonchev–Trinajstić information content (AvgIpc) is 2.56. The Hall–Kier alpha value is -1.85. The molecule has 2 N–H and O–H groups in total. The van der Waals surface area contributed by atoms with Crippen LogP contribution in [0.4, 0.5) is 11.4 Å². The fraction of sp³-hybridized carbons (Fsp3) is 0.235. The molecule has 0 bridgehead atoms. The van der Waals surface area contributed by atoms with E-state index in [1.807, 2.05) is 30.3 Å². The molecule has 0 aliphatic carbocycles. The lowest BCUT2D eigenvalue weighted by Crippen LogP contribution is -2.43. The highest BCUT2D eigenvalue weighted by molar-refractivity contribution is 9.10. The van der Waals surface area contributed by atoms with Gasteiger partial charge in [-0.3, -0.25) is 4.79 Å². The second-order valence-electron chi connectivity index (χ2n) is 5.25. The molecular weight excluding hydrogens is 342 g/mol. The van der Waals surface area contributed by atoms with Gasteiger partial charge in [0.05, 0.1) is 0 Å². The number of nitrogens with zero attached hydrogens (tertiary/aromatic N) is 1. The molecule has 0 atom stereocenters. The minimum Gasteiger partial charge on any atom is -0.369 e. The Morgan fingerprint density at radius 1 is 1.09 bits per heavy atom. The van der Waals surface area contributed by atoms with Crippen molar-refractivity contribution in [1.82, 2.24) is 5.32 Å². The molecule has 0 aromatic heterocycles. The summed E-state index contributed by atoms with van der Waals surface area (Å²) in [4.78, 5) is 14.5. The summed E-state index contributed by atoms with van der Waals surface area (Å²) in [7, 11) is 0. The van der Waals surface area contributed by atoms with Crippen LogP contribution in [0.3, 0.4) is 0 Å². The van der Waals surface area contributed by atoms with Crippen molar-refractivity contribution in [2.75, 3.05) is 36.4 Å². The van der Waals surface area contributed by atoms with E-state index in [9.17, 15) is 4.79 Å². The molecule has 1 aliphatic rings. The van der Waals surface area contributed by atoms with Gasteiger partial charge in [0.25, 0.3) is 5.91 Å². The third-order valence-electron chi connectivity index (χ3n) is 3.69. The number of carbonyl (C=O) groups excluding carboxylic acids is 1. The van der Waals surface area contributed by atoms with Crippen LogP contribution < -0.4 is 15.5 Å². The average molecular weight is 360 g/mol. The Morgan fingerprint density at radius 2 is 1.82 bits per heavy atom. The highest BCUT2D eigenvalue weighted by Gasteiger charge is 2.11. The maximum absolute atomic E-state index is 12.2. The minimum absolute atomic E-state index is 0.101. The van der Waals surface area contributed by atoms with E-state index in [1.165, 1.54) is 5.69 Å². The van der Waals surface area contributed by atoms with Crippen molar-refractivity contribution >= 4 is 33.2 Å². The summed E-state index contributed by atoms with van der Waals surface area (Å²) in [5.74, 6) is -0.101. The Morgan fingerprint density at radius 3 is 2.50 bits per heavy atom. The molecule has 114 valence electrons. The maximum Gasteiger partial charge on any atom is 0.255 e. The topological polar surface area (TPSA) is 44.4 Å². The zero-order valence-electron chi connectivity index (χ0n) is 12.2. The molecule has 3 rings (SSSR count). The molecule has 1 saturated heterocycles. The zero-order chi connectivity index (χ0) is 15.4. The van der Waals surface area contributed by atoms with E-state index in [-0.39, 0.29) is 5.91 Å². The van der Waals surface area contributed by atoms with Gasteiger partial charge in [0, 0.05) is 47.6 Å². The van der Waals surface area contributed by atoms with Crippen LogP contribution in [0.5, 0.6) is 0 Å². The van der Waals surface area contributed by atoms with Crippen molar-refractivity contribution in [2.24, 2.45) is 0 Å². The number of hydrogen-bond donors (Lipinski definition) is 2. The van der Waals surface area contributed by atoms with Crippen molar-refractivity contribution in [3.8, 4) is 0 Å². The van der Waals surface area contributed by atoms with E-state index in [4.69, 9.17) is 0 Å². The first kappa shape index (κ1) is 15.1. The molecule has 2 aromatic rings. The molecule has 22 heavy (non-hydrogen) atoms. The highest BCUT2D eigenvalue weighted by atomic mass is 79.9. The number of benzene rings is 2. The molecular formula is C17H18BrN3O. The first-order valence-corrected chi connectivity index (χ1v) is 8.14. The molecule has 1 fully saturated rings. The Balaban J connectivity index is 1.66. The predicted molar refractivity (Wildman–Crippen MR) is 93.6 cm³/mol. The van der Waals surface area contributed by atoms with Gasteiger partial charge in [0.1, 0.15) is 0 Å². The normalized spacial score (nSPS) is 14.7. The molecule has 0 unspecified atom stereocenters. The van der Waals surface area contributed by atoms with Gasteiger partial charge in [0.15, 0.2) is 0 Å². The third-order valence-corrected chi connectivity index (χ3v) is 4.19. The van der Waals surface area contributed by atoms with Crippen LogP contribution in [0, 0.1) is 0 Å². The third kappa shape index (κ3) is 3.67. The Bertz CT molecular complexity index is 651. The predicted octanol–water partition coefficient (Wildman–Crippen LogP) is 3.11. The SMILES string of the molecule is O=C(Nc1ccc(N2CCNCC2)cc1)c1cccc(Br)c1. The monoisotopic (exact) mass is 359 g/mol. The molecule has 0 radical (unpaired) electrons. The Labute approximate surface area is 138 Å². The van der Waals surface area contributed by atoms with E-state index in [0.717, 1.165) is 36.3 Å². The van der Waals surface area contributed by atoms with Crippen LogP contribution in [-0.2, 0) is 0 Å². The van der Waals surface area contributed by atoms with E-state index >= 15 is 0 Å². The van der Waals surface area contributed by atoms with E-state index < -0.39 is 0 Å². The fourth-order valence-electron chi connectivity index (χ4n) is 2.51. The molecule has 1 heterocycles. The van der Waals surface area contributed by atoms with Crippen LogP contribution in [0.15, 0.2) is 53.0 Å². The first-order valence-electron chi connectivity index (χ1n) is 7.35. The lowest BCUT2D eigenvalue weighted by atomic mass is 10.2. The van der Waals surface area contributed by atoms with Gasteiger partial charge in [-0.15, -0.1) is 0 Å². The van der Waals surface area contributed by atoms with Gasteiger partial charge in [-0.1, -0.05) is 22.0 Å². The van der Waals surface area contributed by atoms with E-state index in [0.29, 0.717) is 5.56 Å². The number of amides is 1. The Kier molecular flexibility index (Phi) is 4.75. The molecule has 2 aromatic carbocycles. The largest absolute Gasteiger partial charge is 0.369 e. The van der Waals surface area contributed by atoms with Gasteiger partial charge in [-0.25, -0.2) is 0 Å². The summed E-state index contributed by atoms with van der Waals surface area (Å²) in [6.07, 6.45) is 0. The standard InChI is InChI=1S/C17H18BrN3O/c18-14-3-1-2-13(12-14)17(22)20-15-4-6-16(7-5-15)21-10-8-19-9-11-21/h1-7,12,19H,8-11H2,(H,20,22). The summed E-state index contributed by atoms with van der Waals surface area (Å²) < 4.78 is 0.897. The van der Waals surface area contributed by atoms with E-state index in [2.05, 4.69) is 43.6 Å². The van der Waals surface area contributed by atoms with Crippen molar-refractivity contribution in [2.45, 2.75) is 0 Å². The fourth-order valence-corrected chi connectivity index (χ4v) is 2.91. The summed E-state index contributed by atoms with van der Waals surface area (Å²) >= 11 is 3.38. The van der Waals surface area contributed by atoms with Crippen LogP contribution in [0.25, 0.3) is 0 Å². The number of halogens is 1. The van der Waals surface area contributed by atoms with Gasteiger partial charge >= 0.3 is 0 Å². The van der Waals surface area contributed by atoms with Gasteiger partial charge in [0.2, 0.25) is 0 Å². The quantitative estimate of drug-likeness (QED) is 0.884. The second-order valence-corrected chi connectivity index (χ2v) is 6.16. The molecule has 4 nitrogen and oxygen atoms in total. The summed E-state index contributed by atoms with van der Waals surface area (Å²) in [6.45, 7) is 4.07. The van der Waals surface area contributed by atoms with Crippen LogP contribution in [-0.4, -0.2) is 32.1 Å². The zero-order valence-corrected chi connectivity index (χ0v) is 13.8. The molecule has 1 aliphatic heterocycles. The van der Waals surface area contributed by atoms with Crippen molar-refractivity contribution in [1.29, 1.82) is 0 Å². The number of rotatable bonds is 3. The summed E-state index contributed by atoms with van der Waals surface area (Å²) in [5.41, 5.74) is 2.64. The van der Waals surface area contributed by atoms with Crippen molar-refractivity contribution in [3.05, 3.63) is 58.6 Å². The van der Waals surface area contributed by atoms with Gasteiger partial charge in [-0.2, -0.15) is 0 Å².